The Labute approximate surface area is 170 Å². The van der Waals surface area contributed by atoms with Crippen molar-refractivity contribution in [1.82, 2.24) is 9.97 Å². The Morgan fingerprint density at radius 1 is 1.00 bits per heavy atom. The highest BCUT2D eigenvalue weighted by molar-refractivity contribution is 7.92. The third-order valence-electron chi connectivity index (χ3n) is 4.30. The predicted octanol–water partition coefficient (Wildman–Crippen LogP) is 4.18. The molecule has 9 heteroatoms. The summed E-state index contributed by atoms with van der Waals surface area (Å²) in [6, 6.07) is 12.6. The first-order chi connectivity index (χ1) is 13.8. The van der Waals surface area contributed by atoms with Crippen LogP contribution < -0.4 is 10.2 Å². The SMILES string of the molecule is O=c1cc[nH]c2ccc(-c3cnc(Cl)c(NS(=O)(=O)c4ccc(F)cc4)c3)cc12. The number of aromatic amines is 1. The van der Waals surface area contributed by atoms with Gasteiger partial charge in [0.2, 0.25) is 0 Å². The van der Waals surface area contributed by atoms with Crippen molar-refractivity contribution in [2.75, 3.05) is 4.72 Å². The number of sulfonamides is 1. The molecule has 0 unspecified atom stereocenters. The van der Waals surface area contributed by atoms with Crippen molar-refractivity contribution < 1.29 is 12.8 Å². The van der Waals surface area contributed by atoms with Crippen LogP contribution in [0.25, 0.3) is 22.0 Å². The van der Waals surface area contributed by atoms with E-state index in [1.807, 2.05) is 0 Å². The van der Waals surface area contributed by atoms with E-state index in [0.717, 1.165) is 24.3 Å². The summed E-state index contributed by atoms with van der Waals surface area (Å²) < 4.78 is 40.6. The first kappa shape index (κ1) is 19.1. The lowest BCUT2D eigenvalue weighted by molar-refractivity contribution is 0.599. The lowest BCUT2D eigenvalue weighted by Gasteiger charge is -2.11. The fraction of sp³-hybridized carbons (Fsp3) is 0. The van der Waals surface area contributed by atoms with Crippen LogP contribution in [-0.4, -0.2) is 18.4 Å². The highest BCUT2D eigenvalue weighted by Crippen LogP contribution is 2.29. The second kappa shape index (κ2) is 7.31. The molecule has 0 saturated carbocycles. The summed E-state index contributed by atoms with van der Waals surface area (Å²) in [6.45, 7) is 0. The molecule has 0 aliphatic heterocycles. The zero-order chi connectivity index (χ0) is 20.6. The van der Waals surface area contributed by atoms with Crippen molar-refractivity contribution in [3.05, 3.63) is 88.2 Å². The molecule has 0 saturated heterocycles. The quantitative estimate of drug-likeness (QED) is 0.476. The second-order valence-electron chi connectivity index (χ2n) is 6.22. The van der Waals surface area contributed by atoms with Gasteiger partial charge in [0.25, 0.3) is 10.0 Å². The molecule has 0 amide bonds. The lowest BCUT2D eigenvalue weighted by Crippen LogP contribution is -2.13. The van der Waals surface area contributed by atoms with Crippen LogP contribution in [0.4, 0.5) is 10.1 Å². The van der Waals surface area contributed by atoms with Gasteiger partial charge in [0.15, 0.2) is 10.6 Å². The second-order valence-corrected chi connectivity index (χ2v) is 8.26. The fourth-order valence-electron chi connectivity index (χ4n) is 2.85. The van der Waals surface area contributed by atoms with E-state index >= 15 is 0 Å². The number of halogens is 2. The number of hydrogen-bond donors (Lipinski definition) is 2. The van der Waals surface area contributed by atoms with Gasteiger partial charge in [0, 0.05) is 34.9 Å². The molecule has 0 radical (unpaired) electrons. The van der Waals surface area contributed by atoms with Crippen molar-refractivity contribution in [3.63, 3.8) is 0 Å². The molecule has 0 fully saturated rings. The lowest BCUT2D eigenvalue weighted by atomic mass is 10.0. The molecule has 0 aliphatic rings. The first-order valence-electron chi connectivity index (χ1n) is 8.39. The van der Waals surface area contributed by atoms with E-state index in [9.17, 15) is 17.6 Å². The third-order valence-corrected chi connectivity index (χ3v) is 5.98. The van der Waals surface area contributed by atoms with Gasteiger partial charge in [-0.25, -0.2) is 17.8 Å². The van der Waals surface area contributed by atoms with Gasteiger partial charge in [-0.05, 0) is 48.0 Å². The van der Waals surface area contributed by atoms with E-state index in [4.69, 9.17) is 11.6 Å². The Morgan fingerprint density at radius 2 is 1.76 bits per heavy atom. The van der Waals surface area contributed by atoms with E-state index < -0.39 is 15.8 Å². The van der Waals surface area contributed by atoms with Crippen molar-refractivity contribution >= 4 is 38.2 Å². The summed E-state index contributed by atoms with van der Waals surface area (Å²) in [5, 5.41) is 0.450. The molecule has 6 nitrogen and oxygen atoms in total. The number of fused-ring (bicyclic) bond motifs is 1. The minimum absolute atomic E-state index is 0.0435. The van der Waals surface area contributed by atoms with Crippen LogP contribution in [-0.2, 0) is 10.0 Å². The van der Waals surface area contributed by atoms with E-state index in [1.54, 1.807) is 24.4 Å². The van der Waals surface area contributed by atoms with Gasteiger partial charge in [-0.15, -0.1) is 0 Å². The third kappa shape index (κ3) is 3.85. The summed E-state index contributed by atoms with van der Waals surface area (Å²) >= 11 is 6.07. The number of anilines is 1. The van der Waals surface area contributed by atoms with Gasteiger partial charge in [-0.1, -0.05) is 17.7 Å². The Morgan fingerprint density at radius 3 is 2.52 bits per heavy atom. The van der Waals surface area contributed by atoms with Crippen LogP contribution in [0.2, 0.25) is 5.15 Å². The number of rotatable bonds is 4. The van der Waals surface area contributed by atoms with E-state index in [-0.39, 0.29) is 21.2 Å². The molecule has 2 aromatic carbocycles. The molecule has 4 aromatic rings. The monoisotopic (exact) mass is 429 g/mol. The molecule has 4 rings (SSSR count). The molecule has 0 spiro atoms. The Bertz CT molecular complexity index is 1390. The first-order valence-corrected chi connectivity index (χ1v) is 10.3. The van der Waals surface area contributed by atoms with Crippen LogP contribution in [0.3, 0.4) is 0 Å². The van der Waals surface area contributed by atoms with Gasteiger partial charge in [0.1, 0.15) is 5.82 Å². The van der Waals surface area contributed by atoms with Crippen molar-refractivity contribution in [2.45, 2.75) is 4.90 Å². The number of benzene rings is 2. The summed E-state index contributed by atoms with van der Waals surface area (Å²) in [7, 11) is -3.99. The van der Waals surface area contributed by atoms with Crippen LogP contribution >= 0.6 is 11.6 Å². The van der Waals surface area contributed by atoms with Crippen LogP contribution in [0.5, 0.6) is 0 Å². The summed E-state index contributed by atoms with van der Waals surface area (Å²) in [5.41, 5.74) is 1.84. The van der Waals surface area contributed by atoms with Crippen molar-refractivity contribution in [2.24, 2.45) is 0 Å². The number of aromatic nitrogens is 2. The Kier molecular flexibility index (Phi) is 4.81. The number of hydrogen-bond acceptors (Lipinski definition) is 4. The summed E-state index contributed by atoms with van der Waals surface area (Å²) in [5.74, 6) is -0.545. The fourth-order valence-corrected chi connectivity index (χ4v) is 4.11. The predicted molar refractivity (Wildman–Crippen MR) is 110 cm³/mol. The Balaban J connectivity index is 1.74. The number of nitrogens with one attached hydrogen (secondary N) is 2. The van der Waals surface area contributed by atoms with E-state index in [0.29, 0.717) is 22.0 Å². The number of pyridine rings is 2. The highest BCUT2D eigenvalue weighted by Gasteiger charge is 2.17. The summed E-state index contributed by atoms with van der Waals surface area (Å²) in [6.07, 6.45) is 3.05. The minimum Gasteiger partial charge on any atom is -0.361 e. The van der Waals surface area contributed by atoms with Gasteiger partial charge in [-0.2, -0.15) is 0 Å². The normalized spacial score (nSPS) is 11.5. The molecule has 2 aromatic heterocycles. The van der Waals surface area contributed by atoms with Gasteiger partial charge < -0.3 is 4.98 Å². The molecule has 2 heterocycles. The molecular weight excluding hydrogens is 417 g/mol. The molecule has 0 atom stereocenters. The molecular formula is C20H13ClFN3O3S. The average molecular weight is 430 g/mol. The molecule has 0 aliphatic carbocycles. The maximum Gasteiger partial charge on any atom is 0.261 e. The maximum atomic E-state index is 13.1. The Hall–Kier alpha value is -3.23. The van der Waals surface area contributed by atoms with Crippen LogP contribution in [0.15, 0.2) is 76.7 Å². The van der Waals surface area contributed by atoms with E-state index in [1.165, 1.54) is 18.3 Å². The average Bonchev–Trinajstić information content (AvgIpc) is 2.70. The van der Waals surface area contributed by atoms with Crippen molar-refractivity contribution in [1.29, 1.82) is 0 Å². The minimum atomic E-state index is -3.99. The van der Waals surface area contributed by atoms with E-state index in [2.05, 4.69) is 14.7 Å². The smallest absolute Gasteiger partial charge is 0.261 e. The van der Waals surface area contributed by atoms with Gasteiger partial charge >= 0.3 is 0 Å². The maximum absolute atomic E-state index is 13.1. The largest absolute Gasteiger partial charge is 0.361 e. The molecule has 146 valence electrons. The molecule has 29 heavy (non-hydrogen) atoms. The van der Waals surface area contributed by atoms with Gasteiger partial charge in [0.05, 0.1) is 10.6 Å². The standard InChI is InChI=1S/C20H13ClFN3O3S/c21-20-18(25-29(27,28)15-4-2-14(22)3-5-15)10-13(11-24-20)12-1-6-17-16(9-12)19(26)7-8-23-17/h1-11,25H,(H,23,26). The zero-order valence-corrected chi connectivity index (χ0v) is 16.3. The number of H-pyrrole nitrogens is 1. The molecule has 2 N–H and O–H groups in total. The topological polar surface area (TPSA) is 91.9 Å². The zero-order valence-electron chi connectivity index (χ0n) is 14.7. The summed E-state index contributed by atoms with van der Waals surface area (Å²) in [4.78, 5) is 19.0. The number of nitrogens with zero attached hydrogens (tertiary/aromatic N) is 1. The van der Waals surface area contributed by atoms with Crippen LogP contribution in [0, 0.1) is 5.82 Å². The molecule has 0 bridgehead atoms. The van der Waals surface area contributed by atoms with Gasteiger partial charge in [-0.3, -0.25) is 9.52 Å². The van der Waals surface area contributed by atoms with Crippen LogP contribution in [0.1, 0.15) is 0 Å². The van der Waals surface area contributed by atoms with Crippen molar-refractivity contribution in [3.8, 4) is 11.1 Å². The highest BCUT2D eigenvalue weighted by atomic mass is 35.5.